The van der Waals surface area contributed by atoms with E-state index < -0.39 is 10.8 Å². The first-order chi connectivity index (χ1) is 53.2. The van der Waals surface area contributed by atoms with Crippen molar-refractivity contribution in [3.8, 4) is 85.1 Å². The van der Waals surface area contributed by atoms with Gasteiger partial charge in [0.2, 0.25) is 0 Å². The van der Waals surface area contributed by atoms with Crippen molar-refractivity contribution in [1.82, 2.24) is 24.9 Å². The van der Waals surface area contributed by atoms with E-state index in [4.69, 9.17) is 25.0 Å². The highest BCUT2D eigenvalue weighted by Gasteiger charge is 2.28. The van der Waals surface area contributed by atoms with Crippen molar-refractivity contribution in [2.24, 2.45) is 27.1 Å². The number of phenols is 2. The second-order valence-electron chi connectivity index (χ2n) is 33.2. The van der Waals surface area contributed by atoms with Crippen molar-refractivity contribution < 1.29 is 47.8 Å². The van der Waals surface area contributed by atoms with Crippen LogP contribution in [-0.4, -0.2) is 71.2 Å². The molecule has 0 aliphatic carbocycles. The van der Waals surface area contributed by atoms with Crippen LogP contribution in [0.1, 0.15) is 156 Å². The predicted molar refractivity (Wildman–Crippen MR) is 456 cm³/mol. The maximum atomic E-state index is 12.3. The van der Waals surface area contributed by atoms with Crippen LogP contribution in [0.2, 0.25) is 0 Å². The van der Waals surface area contributed by atoms with Crippen LogP contribution < -0.4 is 16.2 Å². The number of hydrogen-bond acceptors (Lipinski definition) is 14. The van der Waals surface area contributed by atoms with Gasteiger partial charge in [-0.05, 0) is 162 Å². The minimum Gasteiger partial charge on any atom is -0.508 e. The molecular weight excluding hydrogens is 1410 g/mol. The summed E-state index contributed by atoms with van der Waals surface area (Å²) in [6, 6.07) is 69.5. The van der Waals surface area contributed by atoms with Crippen LogP contribution in [0.5, 0.6) is 17.2 Å². The van der Waals surface area contributed by atoms with E-state index in [2.05, 4.69) is 37.1 Å². The number of carbonyl (C=O) groups excluding carboxylic acids is 5. The second kappa shape index (κ2) is 32.8. The van der Waals surface area contributed by atoms with Crippen LogP contribution in [0.15, 0.2) is 252 Å². The highest BCUT2D eigenvalue weighted by atomic mass is 16.5. The number of ether oxygens (including phenoxy) is 1. The molecule has 0 bridgehead atoms. The molecule has 8 aromatic carbocycles. The molecule has 0 atom stereocenters. The van der Waals surface area contributed by atoms with Crippen molar-refractivity contribution in [3.63, 3.8) is 0 Å². The summed E-state index contributed by atoms with van der Waals surface area (Å²) in [7, 11) is 1.67. The van der Waals surface area contributed by atoms with Gasteiger partial charge in [0.1, 0.15) is 39.9 Å². The van der Waals surface area contributed by atoms with E-state index in [1.54, 1.807) is 68.0 Å². The lowest BCUT2D eigenvalue weighted by Gasteiger charge is -2.16. The number of nitrogens with zero attached hydrogens (tertiary/aromatic N) is 2. The zero-order valence-electron chi connectivity index (χ0n) is 66.8. The zero-order valence-corrected chi connectivity index (χ0v) is 66.8. The fraction of sp³-hybridized carbons (Fsp3) is 0.219. The van der Waals surface area contributed by atoms with E-state index in [-0.39, 0.29) is 56.7 Å². The Bertz CT molecular complexity index is 5570. The van der Waals surface area contributed by atoms with Gasteiger partial charge < -0.3 is 50.2 Å². The number of hydrogen-bond donors (Lipinski definition) is 7. The van der Waals surface area contributed by atoms with Gasteiger partial charge in [-0.1, -0.05) is 189 Å². The first-order valence-electron chi connectivity index (χ1n) is 37.3. The molecule has 7 heterocycles. The molecule has 15 aromatic rings. The number of pyridine rings is 2. The van der Waals surface area contributed by atoms with Crippen molar-refractivity contribution >= 4 is 84.0 Å². The molecule has 17 heteroatoms. The Morgan fingerprint density at radius 3 is 1.20 bits per heavy atom. The number of nitrogens with two attached hydrogens (primary N) is 2. The molecule has 9 N–H and O–H groups in total. The highest BCUT2D eigenvalue weighted by Crippen LogP contribution is 2.36. The third-order valence-corrected chi connectivity index (χ3v) is 18.7. The van der Waals surface area contributed by atoms with E-state index in [1.807, 2.05) is 274 Å². The summed E-state index contributed by atoms with van der Waals surface area (Å²) in [5.74, 6) is 3.36. The van der Waals surface area contributed by atoms with Crippen LogP contribution >= 0.6 is 0 Å². The first-order valence-corrected chi connectivity index (χ1v) is 37.3. The monoisotopic (exact) mass is 1510 g/mol. The Balaban J connectivity index is 0.000000140. The van der Waals surface area contributed by atoms with Crippen molar-refractivity contribution in [2.45, 2.75) is 104 Å². The fourth-order valence-corrected chi connectivity index (χ4v) is 12.3. The van der Waals surface area contributed by atoms with E-state index in [9.17, 15) is 34.2 Å². The molecule has 17 nitrogen and oxygen atoms in total. The summed E-state index contributed by atoms with van der Waals surface area (Å²) in [4.78, 5) is 80.0. The quantitative estimate of drug-likeness (QED) is 0.0442. The number of H-pyrrole nitrogens is 3. The predicted octanol–water partition coefficient (Wildman–Crippen LogP) is 23.7. The molecule has 113 heavy (non-hydrogen) atoms. The summed E-state index contributed by atoms with van der Waals surface area (Å²) in [5, 5.41) is 22.8. The third-order valence-electron chi connectivity index (χ3n) is 18.7. The topological polar surface area (TPSA) is 287 Å². The first kappa shape index (κ1) is 80.9. The zero-order chi connectivity index (χ0) is 81.6. The number of rotatable bonds is 12. The summed E-state index contributed by atoms with van der Waals surface area (Å²) in [5.41, 5.74) is 27.5. The maximum Gasteiger partial charge on any atom is 0.169 e. The minimum absolute atomic E-state index is 0.0731. The van der Waals surface area contributed by atoms with Crippen LogP contribution in [-0.2, 0) is 0 Å². The molecule has 0 fully saturated rings. The number of fused-ring (bicyclic) bond motifs is 4. The summed E-state index contributed by atoms with van der Waals surface area (Å²) < 4.78 is 16.9. The number of ketones is 5. The Morgan fingerprint density at radius 2 is 0.735 bits per heavy atom. The summed E-state index contributed by atoms with van der Waals surface area (Å²) in [6.07, 6.45) is 5.16. The van der Waals surface area contributed by atoms with Crippen LogP contribution in [0.25, 0.3) is 112 Å². The standard InChI is InChI=1S/C21H21NO2.C20H21NO2.C19H19NO2.2C18H18N2O2/c1-21(2,3)20(24)16-6-4-15(5-7-16)19-12-17(13-22-19)14-8-10-18(23)11-9-14;1-20(2,3)19(22)14-7-5-13(6-8-14)18-12-15-11-16(23-4)9-10-17(15)21-18;1-19(2,3)18(21)13-6-4-12(5-7-13)17-11-14-10-15(20)8-9-16(14)22-17;1-18(2,3)17(22)11-4-6-15(19-10-11)16-9-12-8-13(21)5-7-14(12)20-16;1-18(2,3)17(21)11-4-6-14(20-10-11)16-9-12-8-13(19)5-7-15(12)22-16/h4-13,22-23H,1-3H3;5-12,21H,1-4H3;4-11H,20H2,1-3H3;4-10,20-21H,1-3H3;4-10H,19H2,1-3H3. The number of nitrogens with one attached hydrogen (secondary N) is 3. The minimum atomic E-state index is -0.417. The van der Waals surface area contributed by atoms with E-state index in [1.165, 1.54) is 0 Å². The number of Topliss-reactive ketones (excluding diaryl/α,β-unsaturated/α-hetero) is 5. The molecular formula is C96H97N7O10. The maximum absolute atomic E-state index is 12.3. The van der Waals surface area contributed by atoms with Gasteiger partial charge in [0.25, 0.3) is 0 Å². The largest absolute Gasteiger partial charge is 0.508 e. The SMILES string of the molecule is CC(C)(C)C(=O)c1ccc(-c2cc(-c3ccc(O)cc3)c[nH]2)cc1.CC(C)(C)C(=O)c1ccc(-c2cc3cc(N)ccc3o2)cc1.CC(C)(C)C(=O)c1ccc(-c2cc3cc(N)ccc3o2)nc1.CC(C)(C)C(=O)c1ccc(-c2cc3cc(O)ccc3[nH]2)nc1.COc1ccc2[nH]c(-c3ccc(C(=O)C(C)(C)C)cc3)cc2c1. The van der Waals surface area contributed by atoms with E-state index in [0.29, 0.717) is 34.0 Å². The number of phenolic OH excluding ortho intramolecular Hbond substituents is 2. The second-order valence-corrected chi connectivity index (χ2v) is 33.2. The van der Waals surface area contributed by atoms with Gasteiger partial charge in [0.05, 0.1) is 18.5 Å². The Kier molecular flexibility index (Phi) is 23.5. The average molecular weight is 1510 g/mol. The Morgan fingerprint density at radius 1 is 0.345 bits per heavy atom. The van der Waals surface area contributed by atoms with Crippen molar-refractivity contribution in [2.75, 3.05) is 18.6 Å². The smallest absolute Gasteiger partial charge is 0.169 e. The Labute approximate surface area is 658 Å². The van der Waals surface area contributed by atoms with Gasteiger partial charge in [-0.15, -0.1) is 0 Å². The fourth-order valence-electron chi connectivity index (χ4n) is 12.3. The number of carbonyl (C=O) groups is 5. The average Bonchev–Trinajstić information content (AvgIpc) is 1.65. The molecule has 15 rings (SSSR count). The van der Waals surface area contributed by atoms with E-state index >= 15 is 0 Å². The molecule has 0 radical (unpaired) electrons. The normalized spacial score (nSPS) is 11.7. The number of aromatic amines is 3. The molecule has 0 aliphatic heterocycles. The summed E-state index contributed by atoms with van der Waals surface area (Å²) >= 11 is 0. The van der Waals surface area contributed by atoms with Crippen LogP contribution in [0.3, 0.4) is 0 Å². The molecule has 0 aliphatic rings. The summed E-state index contributed by atoms with van der Waals surface area (Å²) in [6.45, 7) is 28.7. The van der Waals surface area contributed by atoms with Gasteiger partial charge in [0.15, 0.2) is 34.7 Å². The van der Waals surface area contributed by atoms with Crippen molar-refractivity contribution in [3.05, 3.63) is 271 Å². The third kappa shape index (κ3) is 19.9. The van der Waals surface area contributed by atoms with E-state index in [0.717, 1.165) is 123 Å². The highest BCUT2D eigenvalue weighted by molar-refractivity contribution is 6.03. The van der Waals surface area contributed by atoms with Crippen LogP contribution in [0, 0.1) is 27.1 Å². The van der Waals surface area contributed by atoms with Gasteiger partial charge >= 0.3 is 0 Å². The lowest BCUT2D eigenvalue weighted by molar-refractivity contribution is 0.0852. The van der Waals surface area contributed by atoms with Crippen LogP contribution in [0.4, 0.5) is 11.4 Å². The molecule has 0 unspecified atom stereocenters. The molecule has 0 amide bonds. The lowest BCUT2D eigenvalue weighted by atomic mass is 9.86. The molecule has 576 valence electrons. The molecule has 0 saturated carbocycles. The van der Waals surface area contributed by atoms with Gasteiger partial charge in [-0.2, -0.15) is 0 Å². The number of aromatic nitrogens is 5. The van der Waals surface area contributed by atoms with Gasteiger partial charge in [0, 0.05) is 134 Å². The molecule has 0 spiro atoms. The van der Waals surface area contributed by atoms with Gasteiger partial charge in [-0.3, -0.25) is 33.9 Å². The number of nitrogen functional groups attached to an aromatic ring is 2. The molecule has 0 saturated heterocycles. The number of benzene rings is 8. The van der Waals surface area contributed by atoms with Crippen molar-refractivity contribution in [1.29, 1.82) is 0 Å². The lowest BCUT2D eigenvalue weighted by Crippen LogP contribution is -2.20. The van der Waals surface area contributed by atoms with Gasteiger partial charge in [-0.25, -0.2) is 0 Å². The number of aromatic hydroxyl groups is 2. The number of furan rings is 2. The number of anilines is 2. The Hall–Kier alpha value is -13.2. The number of methoxy groups -OCH3 is 1. The molecule has 7 aromatic heterocycles.